The molecule has 0 atom stereocenters. The summed E-state index contributed by atoms with van der Waals surface area (Å²) < 4.78 is 0. The molecule has 2 rings (SSSR count). The lowest BCUT2D eigenvalue weighted by Crippen LogP contribution is -2.22. The summed E-state index contributed by atoms with van der Waals surface area (Å²) in [6.07, 6.45) is 7.34. The van der Waals surface area contributed by atoms with Crippen molar-refractivity contribution in [3.05, 3.63) is 17.0 Å². The molecule has 0 saturated heterocycles. The Bertz CT molecular complexity index is 336. The smallest absolute Gasteiger partial charge is 0.0657 e. The fourth-order valence-corrected chi connectivity index (χ4v) is 2.44. The zero-order valence-corrected chi connectivity index (χ0v) is 10.2. The molecule has 1 aromatic heterocycles. The van der Waals surface area contributed by atoms with Crippen molar-refractivity contribution >= 4 is 0 Å². The molecule has 0 saturated carbocycles. The molecule has 1 aliphatic rings. The number of nitrogens with one attached hydrogen (secondary N) is 1. The minimum absolute atomic E-state index is 0.470. The van der Waals surface area contributed by atoms with Gasteiger partial charge in [0.1, 0.15) is 0 Å². The molecule has 1 aromatic rings. The first kappa shape index (κ1) is 10.7. The number of aromatic nitrogens is 2. The van der Waals surface area contributed by atoms with Crippen LogP contribution >= 0.6 is 0 Å². The van der Waals surface area contributed by atoms with Gasteiger partial charge in [-0.05, 0) is 43.1 Å². The van der Waals surface area contributed by atoms with Crippen molar-refractivity contribution in [3.8, 4) is 0 Å². The molecule has 1 aliphatic carbocycles. The molecule has 15 heavy (non-hydrogen) atoms. The van der Waals surface area contributed by atoms with E-state index >= 15 is 0 Å². The topological polar surface area (TPSA) is 28.7 Å². The first-order valence-electron chi connectivity index (χ1n) is 6.17. The van der Waals surface area contributed by atoms with E-state index in [1.807, 2.05) is 0 Å². The molecule has 0 spiro atoms. The molecule has 84 valence electrons. The van der Waals surface area contributed by atoms with E-state index in [1.165, 1.54) is 49.1 Å². The maximum atomic E-state index is 4.48. The number of aryl methyl sites for hydroxylation is 2. The van der Waals surface area contributed by atoms with E-state index in [2.05, 4.69) is 31.0 Å². The minimum Gasteiger partial charge on any atom is -0.282 e. The number of rotatable bonds is 3. The highest BCUT2D eigenvalue weighted by atomic mass is 15.1. The SMILES string of the molecule is CCCCc1n[nH]c2c1CC(C)(C)CC2. The summed E-state index contributed by atoms with van der Waals surface area (Å²) in [5, 5.41) is 7.70. The molecule has 0 amide bonds. The van der Waals surface area contributed by atoms with Gasteiger partial charge in [-0.15, -0.1) is 0 Å². The van der Waals surface area contributed by atoms with Gasteiger partial charge in [-0.25, -0.2) is 0 Å². The molecule has 0 radical (unpaired) electrons. The van der Waals surface area contributed by atoms with Crippen LogP contribution in [0.2, 0.25) is 0 Å². The van der Waals surface area contributed by atoms with Gasteiger partial charge in [-0.2, -0.15) is 5.10 Å². The van der Waals surface area contributed by atoms with Crippen LogP contribution in [0.25, 0.3) is 0 Å². The van der Waals surface area contributed by atoms with Crippen LogP contribution in [0.3, 0.4) is 0 Å². The number of hydrogen-bond acceptors (Lipinski definition) is 1. The van der Waals surface area contributed by atoms with Gasteiger partial charge in [0.2, 0.25) is 0 Å². The van der Waals surface area contributed by atoms with Gasteiger partial charge in [0.25, 0.3) is 0 Å². The Morgan fingerprint density at radius 3 is 2.93 bits per heavy atom. The quantitative estimate of drug-likeness (QED) is 0.808. The predicted molar refractivity (Wildman–Crippen MR) is 63.0 cm³/mol. The zero-order chi connectivity index (χ0) is 10.9. The maximum Gasteiger partial charge on any atom is 0.0657 e. The minimum atomic E-state index is 0.470. The van der Waals surface area contributed by atoms with E-state index < -0.39 is 0 Å². The first-order chi connectivity index (χ1) is 7.12. The third kappa shape index (κ3) is 2.24. The Kier molecular flexibility index (Phi) is 2.85. The summed E-state index contributed by atoms with van der Waals surface area (Å²) in [7, 11) is 0. The third-order valence-corrected chi connectivity index (χ3v) is 3.51. The fraction of sp³-hybridized carbons (Fsp3) is 0.769. The lowest BCUT2D eigenvalue weighted by molar-refractivity contribution is 0.313. The summed E-state index contributed by atoms with van der Waals surface area (Å²) in [6, 6.07) is 0. The summed E-state index contributed by atoms with van der Waals surface area (Å²) >= 11 is 0. The molecule has 2 heteroatoms. The summed E-state index contributed by atoms with van der Waals surface area (Å²) in [5.74, 6) is 0. The first-order valence-corrected chi connectivity index (χ1v) is 6.17. The third-order valence-electron chi connectivity index (χ3n) is 3.51. The van der Waals surface area contributed by atoms with Gasteiger partial charge in [0.05, 0.1) is 5.69 Å². The Morgan fingerprint density at radius 1 is 1.40 bits per heavy atom. The Labute approximate surface area is 92.5 Å². The van der Waals surface area contributed by atoms with Gasteiger partial charge in [-0.1, -0.05) is 27.2 Å². The van der Waals surface area contributed by atoms with Crippen molar-refractivity contribution < 1.29 is 0 Å². The standard InChI is InChI=1S/C13H22N2/c1-4-5-6-11-10-9-13(2,3)8-7-12(10)15-14-11/h4-9H2,1-3H3,(H,14,15). The van der Waals surface area contributed by atoms with Crippen LogP contribution in [0.5, 0.6) is 0 Å². The van der Waals surface area contributed by atoms with Crippen LogP contribution in [-0.4, -0.2) is 10.2 Å². The zero-order valence-electron chi connectivity index (χ0n) is 10.2. The average molecular weight is 206 g/mol. The van der Waals surface area contributed by atoms with E-state index in [9.17, 15) is 0 Å². The fourth-order valence-electron chi connectivity index (χ4n) is 2.44. The molecule has 2 nitrogen and oxygen atoms in total. The van der Waals surface area contributed by atoms with E-state index in [0.29, 0.717) is 5.41 Å². The van der Waals surface area contributed by atoms with Crippen LogP contribution in [0.4, 0.5) is 0 Å². The number of aromatic amines is 1. The molecule has 0 aromatic carbocycles. The highest BCUT2D eigenvalue weighted by Gasteiger charge is 2.28. The van der Waals surface area contributed by atoms with E-state index in [4.69, 9.17) is 0 Å². The molecule has 0 unspecified atom stereocenters. The van der Waals surface area contributed by atoms with E-state index in [-0.39, 0.29) is 0 Å². The molecule has 0 bridgehead atoms. The van der Waals surface area contributed by atoms with Crippen LogP contribution in [0.1, 0.15) is 57.0 Å². The Hall–Kier alpha value is -0.790. The molecule has 0 fully saturated rings. The summed E-state index contributed by atoms with van der Waals surface area (Å²) in [4.78, 5) is 0. The number of unbranched alkanes of at least 4 members (excludes halogenated alkanes) is 1. The van der Waals surface area contributed by atoms with Crippen LogP contribution in [0, 0.1) is 5.41 Å². The van der Waals surface area contributed by atoms with Crippen molar-refractivity contribution in [3.63, 3.8) is 0 Å². The highest BCUT2D eigenvalue weighted by Crippen LogP contribution is 2.35. The molecule has 1 heterocycles. The molecule has 1 N–H and O–H groups in total. The molecule has 0 aliphatic heterocycles. The number of nitrogens with zero attached hydrogens (tertiary/aromatic N) is 1. The van der Waals surface area contributed by atoms with Crippen LogP contribution < -0.4 is 0 Å². The number of H-pyrrole nitrogens is 1. The second-order valence-electron chi connectivity index (χ2n) is 5.57. The lowest BCUT2D eigenvalue weighted by atomic mass is 9.75. The summed E-state index contributed by atoms with van der Waals surface area (Å²) in [5.41, 5.74) is 4.73. The monoisotopic (exact) mass is 206 g/mol. The Balaban J connectivity index is 2.18. The van der Waals surface area contributed by atoms with Crippen LogP contribution in [-0.2, 0) is 19.3 Å². The van der Waals surface area contributed by atoms with Crippen molar-refractivity contribution in [2.45, 2.75) is 59.3 Å². The van der Waals surface area contributed by atoms with Crippen molar-refractivity contribution in [2.75, 3.05) is 0 Å². The maximum absolute atomic E-state index is 4.48. The van der Waals surface area contributed by atoms with Crippen molar-refractivity contribution in [1.82, 2.24) is 10.2 Å². The average Bonchev–Trinajstić information content (AvgIpc) is 2.56. The second kappa shape index (κ2) is 3.99. The molecular formula is C13H22N2. The number of fused-ring (bicyclic) bond motifs is 1. The normalized spacial score (nSPS) is 18.9. The molecular weight excluding hydrogens is 184 g/mol. The highest BCUT2D eigenvalue weighted by molar-refractivity contribution is 5.29. The largest absolute Gasteiger partial charge is 0.282 e. The van der Waals surface area contributed by atoms with Gasteiger partial charge in [-0.3, -0.25) is 5.10 Å². The second-order valence-corrected chi connectivity index (χ2v) is 5.57. The van der Waals surface area contributed by atoms with Gasteiger partial charge in [0, 0.05) is 5.69 Å². The van der Waals surface area contributed by atoms with E-state index in [1.54, 1.807) is 0 Å². The van der Waals surface area contributed by atoms with Gasteiger partial charge >= 0.3 is 0 Å². The van der Waals surface area contributed by atoms with Crippen LogP contribution in [0.15, 0.2) is 0 Å². The van der Waals surface area contributed by atoms with E-state index in [0.717, 1.165) is 6.42 Å². The predicted octanol–water partition coefficient (Wildman–Crippen LogP) is 3.27. The summed E-state index contributed by atoms with van der Waals surface area (Å²) in [6.45, 7) is 6.97. The Morgan fingerprint density at radius 2 is 2.20 bits per heavy atom. The van der Waals surface area contributed by atoms with Crippen molar-refractivity contribution in [1.29, 1.82) is 0 Å². The van der Waals surface area contributed by atoms with Gasteiger partial charge < -0.3 is 0 Å². The van der Waals surface area contributed by atoms with Crippen molar-refractivity contribution in [2.24, 2.45) is 5.41 Å². The number of hydrogen-bond donors (Lipinski definition) is 1. The van der Waals surface area contributed by atoms with Gasteiger partial charge in [0.15, 0.2) is 0 Å². The lowest BCUT2D eigenvalue weighted by Gasteiger charge is -2.29.